The first kappa shape index (κ1) is 20.9. The number of aromatic nitrogens is 3. The Bertz CT molecular complexity index is 1440. The van der Waals surface area contributed by atoms with Crippen molar-refractivity contribution in [2.45, 2.75) is 19.9 Å². The Morgan fingerprint density at radius 2 is 1.88 bits per heavy atom. The molecule has 32 heavy (non-hydrogen) atoms. The summed E-state index contributed by atoms with van der Waals surface area (Å²) in [7, 11) is 0. The van der Waals surface area contributed by atoms with Gasteiger partial charge in [0.25, 0.3) is 5.56 Å². The maximum atomic E-state index is 14.0. The number of hydrogen-bond acceptors (Lipinski definition) is 6. The van der Waals surface area contributed by atoms with E-state index in [2.05, 4.69) is 15.3 Å². The summed E-state index contributed by atoms with van der Waals surface area (Å²) in [5.41, 5.74) is 7.42. The molecule has 3 aromatic heterocycles. The van der Waals surface area contributed by atoms with Crippen LogP contribution >= 0.6 is 0 Å². The van der Waals surface area contributed by atoms with Gasteiger partial charge in [-0.2, -0.15) is 5.26 Å². The molecular weight excluding hydrogens is 414 g/mol. The Morgan fingerprint density at radius 1 is 1.16 bits per heavy atom. The Morgan fingerprint density at radius 3 is 2.56 bits per heavy atom. The van der Waals surface area contributed by atoms with Crippen molar-refractivity contribution in [1.82, 2.24) is 14.4 Å². The van der Waals surface area contributed by atoms with Gasteiger partial charge in [0.05, 0.1) is 11.6 Å². The molecule has 0 aliphatic carbocycles. The van der Waals surface area contributed by atoms with Crippen LogP contribution < -0.4 is 16.6 Å². The highest BCUT2D eigenvalue weighted by Gasteiger charge is 2.21. The van der Waals surface area contributed by atoms with Gasteiger partial charge in [-0.25, -0.2) is 18.7 Å². The number of fused-ring (bicyclic) bond motifs is 1. The summed E-state index contributed by atoms with van der Waals surface area (Å²) < 4.78 is 29.5. The predicted octanol–water partition coefficient (Wildman–Crippen LogP) is 3.97. The third-order valence-corrected chi connectivity index (χ3v) is 5.18. The molecule has 9 heteroatoms. The van der Waals surface area contributed by atoms with Crippen molar-refractivity contribution < 1.29 is 8.78 Å². The van der Waals surface area contributed by atoms with Gasteiger partial charge in [0, 0.05) is 17.3 Å². The number of anilines is 2. The molecule has 0 unspecified atom stereocenters. The second-order valence-electron chi connectivity index (χ2n) is 7.33. The lowest BCUT2D eigenvalue weighted by atomic mass is 9.95. The Hall–Kier alpha value is -4.32. The lowest BCUT2D eigenvalue weighted by molar-refractivity contribution is 0.584. The highest BCUT2D eigenvalue weighted by Crippen LogP contribution is 2.31. The number of halogens is 2. The topological polar surface area (TPSA) is 109 Å². The number of nitrogens with one attached hydrogen (secondary N) is 1. The molecule has 0 radical (unpaired) electrons. The summed E-state index contributed by atoms with van der Waals surface area (Å²) in [6, 6.07) is 11.5. The van der Waals surface area contributed by atoms with Crippen LogP contribution in [0.2, 0.25) is 0 Å². The number of aryl methyl sites for hydroxylation is 1. The Labute approximate surface area is 181 Å². The van der Waals surface area contributed by atoms with Crippen molar-refractivity contribution in [3.8, 4) is 17.2 Å². The maximum Gasteiger partial charge on any atom is 0.263 e. The van der Waals surface area contributed by atoms with E-state index < -0.39 is 23.2 Å². The zero-order valence-corrected chi connectivity index (χ0v) is 17.2. The molecule has 0 bridgehead atoms. The van der Waals surface area contributed by atoms with Crippen LogP contribution in [0.15, 0.2) is 53.6 Å². The Kier molecular flexibility index (Phi) is 5.28. The fourth-order valence-electron chi connectivity index (χ4n) is 3.73. The number of nitrogen functional groups attached to an aromatic ring is 1. The molecule has 0 aliphatic rings. The zero-order chi connectivity index (χ0) is 23.0. The molecule has 7 nitrogen and oxygen atoms in total. The zero-order valence-electron chi connectivity index (χ0n) is 17.2. The van der Waals surface area contributed by atoms with E-state index in [4.69, 9.17) is 5.73 Å². The summed E-state index contributed by atoms with van der Waals surface area (Å²) in [6.07, 6.45) is 1.21. The molecule has 0 fully saturated rings. The van der Waals surface area contributed by atoms with Gasteiger partial charge >= 0.3 is 0 Å². The average molecular weight is 432 g/mol. The molecule has 0 aliphatic heterocycles. The summed E-state index contributed by atoms with van der Waals surface area (Å²) in [4.78, 5) is 21.4. The second-order valence-corrected chi connectivity index (χ2v) is 7.33. The predicted molar refractivity (Wildman–Crippen MR) is 117 cm³/mol. The highest BCUT2D eigenvalue weighted by molar-refractivity contribution is 5.72. The van der Waals surface area contributed by atoms with Gasteiger partial charge in [-0.1, -0.05) is 6.07 Å². The van der Waals surface area contributed by atoms with Gasteiger partial charge in [0.2, 0.25) is 0 Å². The monoisotopic (exact) mass is 432 g/mol. The fourth-order valence-corrected chi connectivity index (χ4v) is 3.73. The van der Waals surface area contributed by atoms with Crippen molar-refractivity contribution in [2.75, 3.05) is 11.1 Å². The SMILES string of the molecule is Cc1cccc2cc([C@@H](C)Nc3ncnc(N)c3C#N)c(-c3cc(F)cc(F)c3)c(=O)n12. The number of nitrogens with zero attached hydrogens (tertiary/aromatic N) is 4. The largest absolute Gasteiger partial charge is 0.382 e. The third-order valence-electron chi connectivity index (χ3n) is 5.18. The molecular formula is C23H18F2N6O. The standard InChI is InChI=1S/C23H18F2N6O/c1-12-4-3-5-17-9-18(13(2)30-22-19(10-26)21(27)28-11-29-22)20(23(32)31(12)17)14-6-15(24)8-16(25)7-14/h3-9,11,13H,1-2H3,(H3,27,28,29,30)/t13-/m1/s1. The quantitative estimate of drug-likeness (QED) is 0.505. The molecule has 0 saturated heterocycles. The first-order valence-corrected chi connectivity index (χ1v) is 9.69. The van der Waals surface area contributed by atoms with Crippen LogP contribution in [0.5, 0.6) is 0 Å². The normalized spacial score (nSPS) is 11.8. The van der Waals surface area contributed by atoms with E-state index in [1.165, 1.54) is 10.7 Å². The van der Waals surface area contributed by atoms with Crippen LogP contribution in [0.25, 0.3) is 16.6 Å². The van der Waals surface area contributed by atoms with Crippen LogP contribution in [0.3, 0.4) is 0 Å². The smallest absolute Gasteiger partial charge is 0.263 e. The van der Waals surface area contributed by atoms with Gasteiger partial charge < -0.3 is 11.1 Å². The molecule has 0 spiro atoms. The molecule has 1 aromatic carbocycles. The number of rotatable bonds is 4. The van der Waals surface area contributed by atoms with Crippen LogP contribution in [-0.2, 0) is 0 Å². The van der Waals surface area contributed by atoms with Crippen LogP contribution in [0, 0.1) is 29.9 Å². The molecule has 0 saturated carbocycles. The van der Waals surface area contributed by atoms with Crippen molar-refractivity contribution >= 4 is 17.2 Å². The van der Waals surface area contributed by atoms with E-state index in [-0.39, 0.29) is 28.3 Å². The first-order valence-electron chi connectivity index (χ1n) is 9.69. The van der Waals surface area contributed by atoms with Crippen molar-refractivity contribution in [1.29, 1.82) is 5.26 Å². The van der Waals surface area contributed by atoms with Crippen LogP contribution in [0.1, 0.15) is 29.8 Å². The third kappa shape index (κ3) is 3.63. The molecule has 3 heterocycles. The number of hydrogen-bond donors (Lipinski definition) is 2. The number of nitrogens with two attached hydrogens (primary N) is 1. The second kappa shape index (κ2) is 8.07. The molecule has 4 rings (SSSR count). The van der Waals surface area contributed by atoms with E-state index in [0.29, 0.717) is 16.8 Å². The summed E-state index contributed by atoms with van der Waals surface area (Å²) in [5, 5.41) is 12.5. The number of benzene rings is 1. The molecule has 4 aromatic rings. The van der Waals surface area contributed by atoms with Gasteiger partial charge in [-0.15, -0.1) is 0 Å². The van der Waals surface area contributed by atoms with Crippen molar-refractivity contribution in [3.05, 3.63) is 87.6 Å². The lowest BCUT2D eigenvalue weighted by Gasteiger charge is -2.21. The summed E-state index contributed by atoms with van der Waals surface area (Å²) >= 11 is 0. The lowest BCUT2D eigenvalue weighted by Crippen LogP contribution is -2.22. The first-order chi connectivity index (χ1) is 15.3. The van der Waals surface area contributed by atoms with E-state index in [9.17, 15) is 18.8 Å². The fraction of sp³-hybridized carbons (Fsp3) is 0.130. The van der Waals surface area contributed by atoms with E-state index in [1.54, 1.807) is 32.0 Å². The minimum atomic E-state index is -0.795. The summed E-state index contributed by atoms with van der Waals surface area (Å²) in [5.74, 6) is -1.39. The molecule has 3 N–H and O–H groups in total. The van der Waals surface area contributed by atoms with E-state index in [1.807, 2.05) is 12.1 Å². The minimum Gasteiger partial charge on any atom is -0.382 e. The molecule has 160 valence electrons. The molecule has 0 amide bonds. The highest BCUT2D eigenvalue weighted by atomic mass is 19.1. The minimum absolute atomic E-state index is 0.0128. The van der Waals surface area contributed by atoms with Gasteiger partial charge in [-0.3, -0.25) is 9.20 Å². The van der Waals surface area contributed by atoms with Crippen LogP contribution in [0.4, 0.5) is 20.4 Å². The van der Waals surface area contributed by atoms with Crippen LogP contribution in [-0.4, -0.2) is 14.4 Å². The molecule has 1 atom stereocenters. The number of pyridine rings is 2. The van der Waals surface area contributed by atoms with E-state index >= 15 is 0 Å². The van der Waals surface area contributed by atoms with Gasteiger partial charge in [0.15, 0.2) is 0 Å². The van der Waals surface area contributed by atoms with Gasteiger partial charge in [-0.05, 0) is 55.3 Å². The average Bonchev–Trinajstić information content (AvgIpc) is 2.73. The van der Waals surface area contributed by atoms with Crippen molar-refractivity contribution in [3.63, 3.8) is 0 Å². The van der Waals surface area contributed by atoms with E-state index in [0.717, 1.165) is 18.2 Å². The Balaban J connectivity index is 1.97. The van der Waals surface area contributed by atoms with Crippen molar-refractivity contribution in [2.24, 2.45) is 0 Å². The maximum absolute atomic E-state index is 14.0. The van der Waals surface area contributed by atoms with Gasteiger partial charge in [0.1, 0.15) is 41.2 Å². The summed E-state index contributed by atoms with van der Waals surface area (Å²) in [6.45, 7) is 3.52. The number of nitriles is 1.